The SMILES string of the molecule is COC(=O)c1cccc(NCc2cc(F)c(F)cc2F)c1. The molecule has 0 amide bonds. The van der Waals surface area contributed by atoms with Crippen LogP contribution in [0.3, 0.4) is 0 Å². The standard InChI is InChI=1S/C15H12F3NO2/c1-21-15(20)9-3-2-4-11(5-9)19-8-10-6-13(17)14(18)7-12(10)16/h2-7,19H,8H2,1H3. The van der Waals surface area contributed by atoms with E-state index in [1.165, 1.54) is 13.2 Å². The Hall–Kier alpha value is -2.50. The van der Waals surface area contributed by atoms with Gasteiger partial charge in [-0.1, -0.05) is 6.07 Å². The lowest BCUT2D eigenvalue weighted by molar-refractivity contribution is 0.0601. The Labute approximate surface area is 119 Å². The molecule has 110 valence electrons. The van der Waals surface area contributed by atoms with Crippen LogP contribution in [0.25, 0.3) is 0 Å². The molecule has 2 aromatic carbocycles. The molecule has 0 saturated heterocycles. The van der Waals surface area contributed by atoms with Crippen molar-refractivity contribution in [3.05, 3.63) is 65.0 Å². The van der Waals surface area contributed by atoms with Gasteiger partial charge in [0.15, 0.2) is 11.6 Å². The first-order chi connectivity index (χ1) is 10.0. The zero-order valence-corrected chi connectivity index (χ0v) is 11.1. The molecule has 0 bridgehead atoms. The lowest BCUT2D eigenvalue weighted by atomic mass is 10.1. The fourth-order valence-electron chi connectivity index (χ4n) is 1.77. The van der Waals surface area contributed by atoms with Gasteiger partial charge < -0.3 is 10.1 Å². The van der Waals surface area contributed by atoms with Crippen molar-refractivity contribution in [2.45, 2.75) is 6.54 Å². The van der Waals surface area contributed by atoms with Gasteiger partial charge in [-0.25, -0.2) is 18.0 Å². The predicted molar refractivity (Wildman–Crippen MR) is 71.4 cm³/mol. The number of carbonyl (C=O) groups is 1. The average Bonchev–Trinajstić information content (AvgIpc) is 2.49. The van der Waals surface area contributed by atoms with Crippen molar-refractivity contribution in [2.75, 3.05) is 12.4 Å². The van der Waals surface area contributed by atoms with Crippen LogP contribution >= 0.6 is 0 Å². The summed E-state index contributed by atoms with van der Waals surface area (Å²) in [6.07, 6.45) is 0. The van der Waals surface area contributed by atoms with E-state index in [1.54, 1.807) is 18.2 Å². The topological polar surface area (TPSA) is 38.3 Å². The van der Waals surface area contributed by atoms with Crippen molar-refractivity contribution in [1.29, 1.82) is 0 Å². The van der Waals surface area contributed by atoms with Gasteiger partial charge in [-0.15, -0.1) is 0 Å². The molecule has 1 N–H and O–H groups in total. The minimum atomic E-state index is -1.23. The van der Waals surface area contributed by atoms with Crippen LogP contribution in [-0.2, 0) is 11.3 Å². The van der Waals surface area contributed by atoms with E-state index in [2.05, 4.69) is 10.1 Å². The van der Waals surface area contributed by atoms with Crippen LogP contribution in [0.15, 0.2) is 36.4 Å². The van der Waals surface area contributed by atoms with Gasteiger partial charge in [0, 0.05) is 23.9 Å². The Bertz CT molecular complexity index is 674. The van der Waals surface area contributed by atoms with E-state index in [9.17, 15) is 18.0 Å². The van der Waals surface area contributed by atoms with Gasteiger partial charge in [0.1, 0.15) is 5.82 Å². The Balaban J connectivity index is 2.13. The van der Waals surface area contributed by atoms with Crippen molar-refractivity contribution in [3.63, 3.8) is 0 Å². The summed E-state index contributed by atoms with van der Waals surface area (Å²) < 4.78 is 43.9. The third kappa shape index (κ3) is 3.53. The molecule has 2 rings (SSSR count). The highest BCUT2D eigenvalue weighted by Crippen LogP contribution is 2.17. The normalized spacial score (nSPS) is 10.3. The number of halogens is 3. The number of benzene rings is 2. The summed E-state index contributed by atoms with van der Waals surface area (Å²) in [7, 11) is 1.26. The monoisotopic (exact) mass is 295 g/mol. The van der Waals surface area contributed by atoms with E-state index in [-0.39, 0.29) is 12.1 Å². The molecule has 0 aliphatic carbocycles. The highest BCUT2D eigenvalue weighted by atomic mass is 19.2. The largest absolute Gasteiger partial charge is 0.465 e. The van der Waals surface area contributed by atoms with Gasteiger partial charge in [0.25, 0.3) is 0 Å². The quantitative estimate of drug-likeness (QED) is 0.693. The highest BCUT2D eigenvalue weighted by Gasteiger charge is 2.10. The number of ether oxygens (including phenoxy) is 1. The van der Waals surface area contributed by atoms with Gasteiger partial charge in [0.2, 0.25) is 0 Å². The van der Waals surface area contributed by atoms with Crippen LogP contribution in [0.2, 0.25) is 0 Å². The number of rotatable bonds is 4. The molecular formula is C15H12F3NO2. The summed E-state index contributed by atoms with van der Waals surface area (Å²) in [6, 6.07) is 7.65. The second-order valence-corrected chi connectivity index (χ2v) is 4.28. The fourth-order valence-corrected chi connectivity index (χ4v) is 1.77. The Kier molecular flexibility index (Phi) is 4.47. The molecule has 3 nitrogen and oxygen atoms in total. The van der Waals surface area contributed by atoms with Crippen molar-refractivity contribution in [3.8, 4) is 0 Å². The molecule has 6 heteroatoms. The average molecular weight is 295 g/mol. The van der Waals surface area contributed by atoms with E-state index in [0.29, 0.717) is 17.3 Å². The third-order valence-electron chi connectivity index (χ3n) is 2.86. The maximum atomic E-state index is 13.5. The Morgan fingerprint density at radius 3 is 2.52 bits per heavy atom. The van der Waals surface area contributed by atoms with Gasteiger partial charge in [-0.05, 0) is 24.3 Å². The smallest absolute Gasteiger partial charge is 0.337 e. The van der Waals surface area contributed by atoms with Crippen LogP contribution in [-0.4, -0.2) is 13.1 Å². The van der Waals surface area contributed by atoms with Crippen LogP contribution in [0.1, 0.15) is 15.9 Å². The van der Waals surface area contributed by atoms with E-state index in [0.717, 1.165) is 6.07 Å². The summed E-state index contributed by atoms with van der Waals surface area (Å²) in [5.41, 5.74) is 0.840. The third-order valence-corrected chi connectivity index (χ3v) is 2.86. The van der Waals surface area contributed by atoms with Gasteiger partial charge >= 0.3 is 5.97 Å². The summed E-state index contributed by atoms with van der Waals surface area (Å²) in [4.78, 5) is 11.4. The van der Waals surface area contributed by atoms with Gasteiger partial charge in [0.05, 0.1) is 12.7 Å². The number of hydrogen-bond acceptors (Lipinski definition) is 3. The molecule has 0 fully saturated rings. The van der Waals surface area contributed by atoms with Crippen LogP contribution in [0, 0.1) is 17.5 Å². The summed E-state index contributed by atoms with van der Waals surface area (Å²) in [6.45, 7) is -0.0480. The molecule has 0 aliphatic heterocycles. The van der Waals surface area contributed by atoms with Crippen LogP contribution in [0.5, 0.6) is 0 Å². The number of carbonyl (C=O) groups excluding carboxylic acids is 1. The predicted octanol–water partition coefficient (Wildman–Crippen LogP) is 3.50. The molecule has 0 heterocycles. The number of anilines is 1. The van der Waals surface area contributed by atoms with Crippen molar-refractivity contribution in [2.24, 2.45) is 0 Å². The number of hydrogen-bond donors (Lipinski definition) is 1. The maximum Gasteiger partial charge on any atom is 0.337 e. The molecule has 0 aromatic heterocycles. The lowest BCUT2D eigenvalue weighted by Gasteiger charge is -2.09. The Morgan fingerprint density at radius 2 is 1.81 bits per heavy atom. The second-order valence-electron chi connectivity index (χ2n) is 4.28. The summed E-state index contributed by atoms with van der Waals surface area (Å²) in [5, 5.41) is 2.83. The van der Waals surface area contributed by atoms with Crippen molar-refractivity contribution < 1.29 is 22.7 Å². The molecule has 0 unspecified atom stereocenters. The molecule has 2 aromatic rings. The van der Waals surface area contributed by atoms with Crippen LogP contribution in [0.4, 0.5) is 18.9 Å². The molecule has 0 spiro atoms. The summed E-state index contributed by atoms with van der Waals surface area (Å²) >= 11 is 0. The van der Waals surface area contributed by atoms with E-state index < -0.39 is 23.4 Å². The molecular weight excluding hydrogens is 283 g/mol. The first-order valence-electron chi connectivity index (χ1n) is 6.07. The van der Waals surface area contributed by atoms with Crippen LogP contribution < -0.4 is 5.32 Å². The second kappa shape index (κ2) is 6.30. The van der Waals surface area contributed by atoms with Crippen molar-refractivity contribution in [1.82, 2.24) is 0 Å². The first-order valence-corrected chi connectivity index (χ1v) is 6.07. The molecule has 0 radical (unpaired) electrons. The summed E-state index contributed by atoms with van der Waals surface area (Å²) in [5.74, 6) is -3.69. The minimum Gasteiger partial charge on any atom is -0.465 e. The first kappa shape index (κ1) is 14.9. The Morgan fingerprint density at radius 1 is 1.10 bits per heavy atom. The fraction of sp³-hybridized carbons (Fsp3) is 0.133. The minimum absolute atomic E-state index is 0.0163. The van der Waals surface area contributed by atoms with Gasteiger partial charge in [-0.2, -0.15) is 0 Å². The number of methoxy groups -OCH3 is 1. The maximum absolute atomic E-state index is 13.5. The zero-order chi connectivity index (χ0) is 15.4. The molecule has 0 saturated carbocycles. The van der Waals surface area contributed by atoms with E-state index >= 15 is 0 Å². The van der Waals surface area contributed by atoms with Gasteiger partial charge in [-0.3, -0.25) is 0 Å². The molecule has 0 aliphatic rings. The zero-order valence-electron chi connectivity index (χ0n) is 11.1. The number of nitrogens with one attached hydrogen (secondary N) is 1. The van der Waals surface area contributed by atoms with E-state index in [4.69, 9.17) is 0 Å². The number of esters is 1. The van der Waals surface area contributed by atoms with Crippen molar-refractivity contribution >= 4 is 11.7 Å². The lowest BCUT2D eigenvalue weighted by Crippen LogP contribution is -2.05. The highest BCUT2D eigenvalue weighted by molar-refractivity contribution is 5.90. The molecule has 21 heavy (non-hydrogen) atoms. The van der Waals surface area contributed by atoms with E-state index in [1.807, 2.05) is 0 Å². The molecule has 0 atom stereocenters.